The molecule has 0 spiro atoms. The van der Waals surface area contributed by atoms with Crippen molar-refractivity contribution < 1.29 is 12.8 Å². The summed E-state index contributed by atoms with van der Waals surface area (Å²) in [7, 11) is -3.76. The van der Waals surface area contributed by atoms with Crippen LogP contribution in [0.2, 0.25) is 0 Å². The van der Waals surface area contributed by atoms with Crippen LogP contribution in [0, 0.1) is 5.82 Å². The molecule has 1 aliphatic rings. The van der Waals surface area contributed by atoms with Crippen molar-refractivity contribution in [3.8, 4) is 0 Å². The van der Waals surface area contributed by atoms with Crippen molar-refractivity contribution in [3.05, 3.63) is 60.5 Å². The van der Waals surface area contributed by atoms with Crippen molar-refractivity contribution in [1.82, 2.24) is 4.98 Å². The zero-order valence-corrected chi connectivity index (χ0v) is 15.8. The van der Waals surface area contributed by atoms with Crippen LogP contribution >= 0.6 is 0 Å². The molecule has 3 aromatic rings. The fourth-order valence-corrected chi connectivity index (χ4v) is 5.13. The Bertz CT molecular complexity index is 1060. The van der Waals surface area contributed by atoms with Crippen molar-refractivity contribution in [2.45, 2.75) is 35.5 Å². The zero-order valence-electron chi connectivity index (χ0n) is 14.9. The van der Waals surface area contributed by atoms with E-state index < -0.39 is 15.7 Å². The van der Waals surface area contributed by atoms with Crippen LogP contribution in [0.3, 0.4) is 0 Å². The molecule has 4 rings (SSSR count). The van der Waals surface area contributed by atoms with Gasteiger partial charge in [-0.25, -0.2) is 12.8 Å². The number of aromatic nitrogens is 1. The SMILES string of the molecule is O=S(=O)(c1ccccc1)c1cnc2ccc(F)cc2c1N1CCCCCC1. The van der Waals surface area contributed by atoms with Gasteiger partial charge in [0.2, 0.25) is 9.84 Å². The molecule has 0 atom stereocenters. The van der Waals surface area contributed by atoms with Crippen LogP contribution in [-0.4, -0.2) is 26.5 Å². The van der Waals surface area contributed by atoms with Crippen LogP contribution in [0.4, 0.5) is 10.1 Å². The van der Waals surface area contributed by atoms with E-state index in [2.05, 4.69) is 9.88 Å². The monoisotopic (exact) mass is 384 g/mol. The van der Waals surface area contributed by atoms with Gasteiger partial charge in [-0.1, -0.05) is 31.0 Å². The molecule has 4 nitrogen and oxygen atoms in total. The number of anilines is 1. The molecule has 1 fully saturated rings. The summed E-state index contributed by atoms with van der Waals surface area (Å²) in [5.74, 6) is -0.394. The summed E-state index contributed by atoms with van der Waals surface area (Å²) in [5.41, 5.74) is 1.17. The molecular formula is C21H21FN2O2S. The van der Waals surface area contributed by atoms with E-state index in [0.29, 0.717) is 16.6 Å². The molecule has 2 heterocycles. The zero-order chi connectivity index (χ0) is 18.9. The molecule has 0 saturated carbocycles. The molecule has 0 unspecified atom stereocenters. The summed E-state index contributed by atoms with van der Waals surface area (Å²) < 4.78 is 40.7. The molecule has 0 N–H and O–H groups in total. The molecule has 0 radical (unpaired) electrons. The van der Waals surface area contributed by atoms with Gasteiger partial charge in [0, 0.05) is 24.7 Å². The molecule has 1 aromatic heterocycles. The summed E-state index contributed by atoms with van der Waals surface area (Å²) in [4.78, 5) is 6.78. The van der Waals surface area contributed by atoms with Gasteiger partial charge in [-0.2, -0.15) is 0 Å². The van der Waals surface area contributed by atoms with Gasteiger partial charge in [0.25, 0.3) is 0 Å². The van der Waals surface area contributed by atoms with E-state index in [9.17, 15) is 12.8 Å². The summed E-state index contributed by atoms with van der Waals surface area (Å²) >= 11 is 0. The molecular weight excluding hydrogens is 363 g/mol. The lowest BCUT2D eigenvalue weighted by molar-refractivity contribution is 0.595. The van der Waals surface area contributed by atoms with Gasteiger partial charge in [0.15, 0.2) is 0 Å². The third kappa shape index (κ3) is 3.41. The second kappa shape index (κ2) is 7.27. The van der Waals surface area contributed by atoms with Crippen molar-refractivity contribution in [3.63, 3.8) is 0 Å². The number of rotatable bonds is 3. The number of hydrogen-bond donors (Lipinski definition) is 0. The molecule has 27 heavy (non-hydrogen) atoms. The van der Waals surface area contributed by atoms with Crippen LogP contribution < -0.4 is 4.90 Å². The van der Waals surface area contributed by atoms with E-state index in [1.807, 2.05) is 0 Å². The van der Waals surface area contributed by atoms with E-state index in [1.165, 1.54) is 18.3 Å². The Morgan fingerprint density at radius 3 is 2.33 bits per heavy atom. The average Bonchev–Trinajstić information content (AvgIpc) is 2.97. The van der Waals surface area contributed by atoms with Crippen LogP contribution in [0.1, 0.15) is 25.7 Å². The fraction of sp³-hybridized carbons (Fsp3) is 0.286. The Balaban J connectivity index is 1.98. The van der Waals surface area contributed by atoms with Gasteiger partial charge in [0.1, 0.15) is 10.7 Å². The molecule has 2 aromatic carbocycles. The van der Waals surface area contributed by atoms with E-state index >= 15 is 0 Å². The van der Waals surface area contributed by atoms with E-state index in [1.54, 1.807) is 36.4 Å². The lowest BCUT2D eigenvalue weighted by atomic mass is 10.1. The first-order chi connectivity index (χ1) is 13.1. The highest BCUT2D eigenvalue weighted by atomic mass is 32.2. The van der Waals surface area contributed by atoms with Gasteiger partial charge in [-0.3, -0.25) is 4.98 Å². The third-order valence-corrected chi connectivity index (χ3v) is 6.80. The van der Waals surface area contributed by atoms with Crippen LogP contribution in [0.15, 0.2) is 64.5 Å². The Morgan fingerprint density at radius 1 is 0.926 bits per heavy atom. The predicted molar refractivity (Wildman–Crippen MR) is 104 cm³/mol. The molecule has 0 bridgehead atoms. The quantitative estimate of drug-likeness (QED) is 0.663. The van der Waals surface area contributed by atoms with Crippen molar-refractivity contribution in [2.24, 2.45) is 0 Å². The standard InChI is InChI=1S/C21H21FN2O2S/c22-16-10-11-19-18(14-16)21(24-12-6-1-2-7-13-24)20(15-23-19)27(25,26)17-8-4-3-5-9-17/h3-5,8-11,14-15H,1-2,6-7,12-13H2. The van der Waals surface area contributed by atoms with E-state index in [0.717, 1.165) is 38.8 Å². The minimum Gasteiger partial charge on any atom is -0.370 e. The summed E-state index contributed by atoms with van der Waals surface area (Å²) in [6, 6.07) is 12.7. The first-order valence-electron chi connectivity index (χ1n) is 9.21. The highest BCUT2D eigenvalue weighted by Gasteiger charge is 2.27. The Hall–Kier alpha value is -2.47. The van der Waals surface area contributed by atoms with Gasteiger partial charge in [-0.05, 0) is 43.2 Å². The van der Waals surface area contributed by atoms with Gasteiger partial charge >= 0.3 is 0 Å². The Labute approximate surface area is 158 Å². The first-order valence-corrected chi connectivity index (χ1v) is 10.7. The van der Waals surface area contributed by atoms with Crippen molar-refractivity contribution in [2.75, 3.05) is 18.0 Å². The van der Waals surface area contributed by atoms with E-state index in [-0.39, 0.29) is 9.79 Å². The first kappa shape index (κ1) is 17.9. The number of pyridine rings is 1. The molecule has 1 aliphatic heterocycles. The number of nitrogens with zero attached hydrogens (tertiary/aromatic N) is 2. The second-order valence-electron chi connectivity index (χ2n) is 6.85. The summed E-state index contributed by atoms with van der Waals surface area (Å²) in [6.07, 6.45) is 5.64. The number of benzene rings is 2. The maximum absolute atomic E-state index is 14.0. The van der Waals surface area contributed by atoms with Gasteiger partial charge in [-0.15, -0.1) is 0 Å². The smallest absolute Gasteiger partial charge is 0.210 e. The fourth-order valence-electron chi connectivity index (χ4n) is 3.68. The minimum absolute atomic E-state index is 0.147. The largest absolute Gasteiger partial charge is 0.370 e. The van der Waals surface area contributed by atoms with Crippen LogP contribution in [0.5, 0.6) is 0 Å². The van der Waals surface area contributed by atoms with E-state index in [4.69, 9.17) is 0 Å². The normalized spacial score (nSPS) is 15.7. The molecule has 140 valence electrons. The lowest BCUT2D eigenvalue weighted by Gasteiger charge is -2.26. The number of hydrogen-bond acceptors (Lipinski definition) is 4. The number of halogens is 1. The molecule has 6 heteroatoms. The minimum atomic E-state index is -3.76. The van der Waals surface area contributed by atoms with Crippen LogP contribution in [0.25, 0.3) is 10.9 Å². The summed E-state index contributed by atoms with van der Waals surface area (Å²) in [6.45, 7) is 1.51. The summed E-state index contributed by atoms with van der Waals surface area (Å²) in [5, 5.41) is 0.550. The second-order valence-corrected chi connectivity index (χ2v) is 8.77. The van der Waals surface area contributed by atoms with Crippen molar-refractivity contribution >= 4 is 26.4 Å². The number of sulfone groups is 1. The molecule has 1 saturated heterocycles. The number of fused-ring (bicyclic) bond motifs is 1. The Morgan fingerprint density at radius 2 is 1.63 bits per heavy atom. The molecule has 0 aliphatic carbocycles. The van der Waals surface area contributed by atoms with Crippen molar-refractivity contribution in [1.29, 1.82) is 0 Å². The topological polar surface area (TPSA) is 50.3 Å². The average molecular weight is 384 g/mol. The van der Waals surface area contributed by atoms with Gasteiger partial charge < -0.3 is 4.90 Å². The predicted octanol–water partition coefficient (Wildman–Crippen LogP) is 4.59. The lowest BCUT2D eigenvalue weighted by Crippen LogP contribution is -2.26. The highest BCUT2D eigenvalue weighted by molar-refractivity contribution is 7.91. The van der Waals surface area contributed by atoms with Gasteiger partial charge in [0.05, 0.1) is 16.1 Å². The highest BCUT2D eigenvalue weighted by Crippen LogP contribution is 2.37. The third-order valence-electron chi connectivity index (χ3n) is 5.03. The van der Waals surface area contributed by atoms with Crippen LogP contribution in [-0.2, 0) is 9.84 Å². The maximum Gasteiger partial charge on any atom is 0.210 e. The Kier molecular flexibility index (Phi) is 4.83. The molecule has 0 amide bonds. The maximum atomic E-state index is 14.0.